The van der Waals surface area contributed by atoms with E-state index < -0.39 is 0 Å². The third kappa shape index (κ3) is 3.90. The molecule has 0 fully saturated rings. The molecule has 0 aliphatic rings. The van der Waals surface area contributed by atoms with E-state index in [1.165, 1.54) is 16.2 Å². The number of hydrogen-bond acceptors (Lipinski definition) is 3. The summed E-state index contributed by atoms with van der Waals surface area (Å²) in [6, 6.07) is 9.17. The molecule has 0 radical (unpaired) electrons. The lowest BCUT2D eigenvalue weighted by Crippen LogP contribution is -2.11. The van der Waals surface area contributed by atoms with E-state index in [0.717, 1.165) is 22.3 Å². The van der Waals surface area contributed by atoms with Crippen molar-refractivity contribution >= 4 is 27.7 Å². The number of aryl methyl sites for hydroxylation is 2. The summed E-state index contributed by atoms with van der Waals surface area (Å²) >= 11 is 5.51. The number of halogens is 1. The fourth-order valence-corrected chi connectivity index (χ4v) is 4.05. The van der Waals surface area contributed by atoms with Crippen molar-refractivity contribution in [3.8, 4) is 0 Å². The second-order valence-corrected chi connectivity index (χ2v) is 6.89. The minimum atomic E-state index is 0.391. The van der Waals surface area contributed by atoms with Gasteiger partial charge in [0.05, 0.1) is 15.9 Å². The molecule has 0 spiro atoms. The molecule has 114 valence electrons. The zero-order valence-electron chi connectivity index (χ0n) is 13.0. The van der Waals surface area contributed by atoms with Crippen molar-refractivity contribution in [2.75, 3.05) is 7.05 Å². The van der Waals surface area contributed by atoms with Gasteiger partial charge in [0.15, 0.2) is 0 Å². The van der Waals surface area contributed by atoms with Gasteiger partial charge in [0.25, 0.3) is 0 Å². The minimum absolute atomic E-state index is 0.391. The molecule has 0 saturated heterocycles. The molecule has 2 rings (SSSR count). The maximum atomic E-state index is 4.54. The molecule has 0 bridgehead atoms. The summed E-state index contributed by atoms with van der Waals surface area (Å²) in [6.07, 6.45) is 0.954. The molecule has 3 nitrogen and oxygen atoms in total. The van der Waals surface area contributed by atoms with E-state index in [4.69, 9.17) is 0 Å². The highest BCUT2D eigenvalue weighted by Gasteiger charge is 2.12. The third-order valence-corrected chi connectivity index (χ3v) is 5.63. The molecular formula is C16H22BrN3S. The molecule has 1 aromatic heterocycles. The standard InChI is InChI=1S/C16H22BrN3S/c1-5-14-16(17)15(20(4)19-14)10-21-13-8-6-12(7-9-13)11(2)18-3/h6-9,11,18H,5,10H2,1-4H3. The molecule has 2 aromatic rings. The van der Waals surface area contributed by atoms with Gasteiger partial charge >= 0.3 is 0 Å². The van der Waals surface area contributed by atoms with Crippen LogP contribution < -0.4 is 5.32 Å². The molecular weight excluding hydrogens is 346 g/mol. The molecule has 0 saturated carbocycles. The second-order valence-electron chi connectivity index (χ2n) is 5.05. The number of nitrogens with one attached hydrogen (secondary N) is 1. The normalized spacial score (nSPS) is 12.6. The fraction of sp³-hybridized carbons (Fsp3) is 0.438. The first-order valence-corrected chi connectivity index (χ1v) is 8.95. The number of rotatable bonds is 6. The number of hydrogen-bond donors (Lipinski definition) is 1. The Morgan fingerprint density at radius 3 is 2.52 bits per heavy atom. The number of nitrogens with zero attached hydrogens (tertiary/aromatic N) is 2. The van der Waals surface area contributed by atoms with E-state index in [1.807, 2.05) is 30.5 Å². The first-order chi connectivity index (χ1) is 10.1. The van der Waals surface area contributed by atoms with Crippen molar-refractivity contribution in [1.82, 2.24) is 15.1 Å². The molecule has 0 amide bonds. The lowest BCUT2D eigenvalue weighted by Gasteiger charge is -2.11. The van der Waals surface area contributed by atoms with Gasteiger partial charge in [0.1, 0.15) is 0 Å². The van der Waals surface area contributed by atoms with Crippen molar-refractivity contribution in [2.24, 2.45) is 7.05 Å². The van der Waals surface area contributed by atoms with Crippen LogP contribution in [0, 0.1) is 0 Å². The predicted molar refractivity (Wildman–Crippen MR) is 93.8 cm³/mol. The lowest BCUT2D eigenvalue weighted by molar-refractivity contribution is 0.652. The molecule has 0 aliphatic heterocycles. The zero-order chi connectivity index (χ0) is 15.4. The quantitative estimate of drug-likeness (QED) is 0.771. The molecule has 21 heavy (non-hydrogen) atoms. The maximum Gasteiger partial charge on any atom is 0.0767 e. The summed E-state index contributed by atoms with van der Waals surface area (Å²) in [5.74, 6) is 0.922. The van der Waals surface area contributed by atoms with Crippen LogP contribution in [0.1, 0.15) is 36.8 Å². The molecule has 1 aromatic carbocycles. The van der Waals surface area contributed by atoms with Crippen LogP contribution in [-0.4, -0.2) is 16.8 Å². The van der Waals surface area contributed by atoms with E-state index in [9.17, 15) is 0 Å². The Balaban J connectivity index is 2.05. The van der Waals surface area contributed by atoms with Crippen LogP contribution >= 0.6 is 27.7 Å². The van der Waals surface area contributed by atoms with Crippen molar-refractivity contribution in [1.29, 1.82) is 0 Å². The van der Waals surface area contributed by atoms with Crippen LogP contribution in [0.5, 0.6) is 0 Å². The summed E-state index contributed by atoms with van der Waals surface area (Å²) in [5.41, 5.74) is 3.69. The van der Waals surface area contributed by atoms with Gasteiger partial charge in [-0.05, 0) is 54.0 Å². The summed E-state index contributed by atoms with van der Waals surface area (Å²) in [5, 5.41) is 7.80. The first kappa shape index (κ1) is 16.6. The van der Waals surface area contributed by atoms with Crippen LogP contribution in [0.4, 0.5) is 0 Å². The molecule has 5 heteroatoms. The van der Waals surface area contributed by atoms with Gasteiger partial charge in [0, 0.05) is 23.7 Å². The molecule has 0 aliphatic carbocycles. The van der Waals surface area contributed by atoms with E-state index >= 15 is 0 Å². The smallest absolute Gasteiger partial charge is 0.0767 e. The molecule has 1 N–H and O–H groups in total. The molecule has 1 unspecified atom stereocenters. The summed E-state index contributed by atoms with van der Waals surface area (Å²) < 4.78 is 3.13. The Morgan fingerprint density at radius 2 is 2.00 bits per heavy atom. The average molecular weight is 368 g/mol. The van der Waals surface area contributed by atoms with Crippen LogP contribution in [0.2, 0.25) is 0 Å². The number of benzene rings is 1. The van der Waals surface area contributed by atoms with Gasteiger partial charge in [-0.15, -0.1) is 11.8 Å². The summed E-state index contributed by atoms with van der Waals surface area (Å²) in [4.78, 5) is 1.29. The van der Waals surface area contributed by atoms with Crippen LogP contribution in [-0.2, 0) is 19.2 Å². The first-order valence-electron chi connectivity index (χ1n) is 7.17. The van der Waals surface area contributed by atoms with Crippen molar-refractivity contribution in [3.05, 3.63) is 45.7 Å². The van der Waals surface area contributed by atoms with E-state index in [2.05, 4.69) is 64.5 Å². The third-order valence-electron chi connectivity index (χ3n) is 3.69. The van der Waals surface area contributed by atoms with Crippen LogP contribution in [0.3, 0.4) is 0 Å². The second kappa shape index (κ2) is 7.47. The SMILES string of the molecule is CCc1nn(C)c(CSc2ccc(C(C)NC)cc2)c1Br. The van der Waals surface area contributed by atoms with Gasteiger partial charge < -0.3 is 5.32 Å². The van der Waals surface area contributed by atoms with Gasteiger partial charge in [-0.25, -0.2) is 0 Å². The Morgan fingerprint density at radius 1 is 1.33 bits per heavy atom. The Bertz CT molecular complexity index is 592. The monoisotopic (exact) mass is 367 g/mol. The van der Waals surface area contributed by atoms with E-state index in [1.54, 1.807) is 0 Å². The highest BCUT2D eigenvalue weighted by atomic mass is 79.9. The van der Waals surface area contributed by atoms with Gasteiger partial charge in [-0.1, -0.05) is 19.1 Å². The molecule has 1 heterocycles. The van der Waals surface area contributed by atoms with Gasteiger partial charge in [-0.2, -0.15) is 5.10 Å². The predicted octanol–water partition coefficient (Wildman–Crippen LogP) is 4.32. The van der Waals surface area contributed by atoms with Gasteiger partial charge in [-0.3, -0.25) is 4.68 Å². The zero-order valence-corrected chi connectivity index (χ0v) is 15.4. The largest absolute Gasteiger partial charge is 0.313 e. The van der Waals surface area contributed by atoms with Crippen molar-refractivity contribution in [3.63, 3.8) is 0 Å². The number of thioether (sulfide) groups is 1. The Kier molecular flexibility index (Phi) is 5.90. The topological polar surface area (TPSA) is 29.9 Å². The van der Waals surface area contributed by atoms with E-state index in [-0.39, 0.29) is 0 Å². The van der Waals surface area contributed by atoms with Crippen LogP contribution in [0.15, 0.2) is 33.6 Å². The summed E-state index contributed by atoms with van der Waals surface area (Å²) in [7, 11) is 4.00. The summed E-state index contributed by atoms with van der Waals surface area (Å²) in [6.45, 7) is 4.30. The average Bonchev–Trinajstić information content (AvgIpc) is 2.79. The van der Waals surface area contributed by atoms with Crippen LogP contribution in [0.25, 0.3) is 0 Å². The Labute approximate surface area is 139 Å². The highest BCUT2D eigenvalue weighted by molar-refractivity contribution is 9.10. The maximum absolute atomic E-state index is 4.54. The van der Waals surface area contributed by atoms with E-state index in [0.29, 0.717) is 6.04 Å². The fourth-order valence-electron chi connectivity index (χ4n) is 2.15. The van der Waals surface area contributed by atoms with Gasteiger partial charge in [0.2, 0.25) is 0 Å². The minimum Gasteiger partial charge on any atom is -0.313 e. The van der Waals surface area contributed by atoms with Crippen molar-refractivity contribution in [2.45, 2.75) is 37.0 Å². The highest BCUT2D eigenvalue weighted by Crippen LogP contribution is 2.29. The molecule has 1 atom stereocenters. The lowest BCUT2D eigenvalue weighted by atomic mass is 10.1. The Hall–Kier alpha value is -0.780. The van der Waals surface area contributed by atoms with Crippen molar-refractivity contribution < 1.29 is 0 Å². The number of aromatic nitrogens is 2.